The lowest BCUT2D eigenvalue weighted by Gasteiger charge is -2.43. The molecule has 1 aliphatic carbocycles. The molecule has 3 atom stereocenters. The van der Waals surface area contributed by atoms with Gasteiger partial charge in [-0.15, -0.1) is 0 Å². The summed E-state index contributed by atoms with van der Waals surface area (Å²) in [6, 6.07) is 0. The topological polar surface area (TPSA) is 20.2 Å². The zero-order valence-electron chi connectivity index (χ0n) is 12.5. The average molecular weight is 240 g/mol. The number of rotatable bonds is 5. The van der Waals surface area contributed by atoms with E-state index in [1.807, 2.05) is 0 Å². The van der Waals surface area contributed by atoms with Gasteiger partial charge >= 0.3 is 0 Å². The van der Waals surface area contributed by atoms with Crippen LogP contribution in [0.1, 0.15) is 73.1 Å². The Morgan fingerprint density at radius 2 is 1.94 bits per heavy atom. The molecule has 0 heterocycles. The monoisotopic (exact) mass is 240 g/mol. The van der Waals surface area contributed by atoms with Crippen LogP contribution in [0.4, 0.5) is 0 Å². The summed E-state index contributed by atoms with van der Waals surface area (Å²) >= 11 is 0. The van der Waals surface area contributed by atoms with Gasteiger partial charge in [0.2, 0.25) is 0 Å². The van der Waals surface area contributed by atoms with E-state index in [0.717, 1.165) is 24.7 Å². The van der Waals surface area contributed by atoms with E-state index in [-0.39, 0.29) is 6.10 Å². The van der Waals surface area contributed by atoms with E-state index in [1.54, 1.807) is 0 Å². The standard InChI is InChI=1S/C16H32O/c1-12(2)11-14(17)8-9-15-13(3)7-6-10-16(15,4)5/h12-15,17H,6-11H2,1-5H3/t13-,14?,15?/m1/s1. The van der Waals surface area contributed by atoms with E-state index in [0.29, 0.717) is 11.3 Å². The highest BCUT2D eigenvalue weighted by Crippen LogP contribution is 2.46. The van der Waals surface area contributed by atoms with Crippen LogP contribution in [0.3, 0.4) is 0 Å². The van der Waals surface area contributed by atoms with Crippen molar-refractivity contribution < 1.29 is 5.11 Å². The number of hydrogen-bond donors (Lipinski definition) is 1. The predicted molar refractivity (Wildman–Crippen MR) is 75.0 cm³/mol. The Morgan fingerprint density at radius 1 is 1.29 bits per heavy atom. The zero-order valence-corrected chi connectivity index (χ0v) is 12.5. The van der Waals surface area contributed by atoms with Crippen LogP contribution in [0.25, 0.3) is 0 Å². The molecule has 0 amide bonds. The summed E-state index contributed by atoms with van der Waals surface area (Å²) in [5.74, 6) is 2.25. The van der Waals surface area contributed by atoms with Crippen LogP contribution in [0.15, 0.2) is 0 Å². The molecule has 0 aliphatic heterocycles. The van der Waals surface area contributed by atoms with Gasteiger partial charge in [0, 0.05) is 0 Å². The third-order valence-corrected chi connectivity index (χ3v) is 4.73. The summed E-state index contributed by atoms with van der Waals surface area (Å²) in [6.45, 7) is 11.6. The summed E-state index contributed by atoms with van der Waals surface area (Å²) in [4.78, 5) is 0. The Balaban J connectivity index is 2.43. The summed E-state index contributed by atoms with van der Waals surface area (Å²) in [5, 5.41) is 10.0. The lowest BCUT2D eigenvalue weighted by Crippen LogP contribution is -2.34. The molecular weight excluding hydrogens is 208 g/mol. The van der Waals surface area contributed by atoms with Gasteiger partial charge in [-0.2, -0.15) is 0 Å². The second-order valence-electron chi connectivity index (χ2n) is 7.33. The van der Waals surface area contributed by atoms with Crippen LogP contribution in [-0.4, -0.2) is 11.2 Å². The summed E-state index contributed by atoms with van der Waals surface area (Å²) in [6.07, 6.45) is 7.22. The molecule has 1 fully saturated rings. The maximum absolute atomic E-state index is 10.0. The Kier molecular flexibility index (Phi) is 5.50. The van der Waals surface area contributed by atoms with E-state index >= 15 is 0 Å². The molecule has 1 saturated carbocycles. The van der Waals surface area contributed by atoms with Crippen LogP contribution in [-0.2, 0) is 0 Å². The molecular formula is C16H32O. The molecule has 1 rings (SSSR count). The van der Waals surface area contributed by atoms with E-state index in [1.165, 1.54) is 25.7 Å². The molecule has 1 nitrogen and oxygen atoms in total. The lowest BCUT2D eigenvalue weighted by atomic mass is 9.62. The van der Waals surface area contributed by atoms with Crippen LogP contribution in [0.5, 0.6) is 0 Å². The van der Waals surface area contributed by atoms with Gasteiger partial charge in [0.05, 0.1) is 6.10 Å². The van der Waals surface area contributed by atoms with Crippen molar-refractivity contribution in [2.24, 2.45) is 23.2 Å². The Bertz CT molecular complexity index is 220. The molecule has 0 aromatic heterocycles. The minimum absolute atomic E-state index is 0.0834. The van der Waals surface area contributed by atoms with Crippen molar-refractivity contribution in [3.05, 3.63) is 0 Å². The fourth-order valence-corrected chi connectivity index (χ4v) is 3.75. The highest BCUT2D eigenvalue weighted by atomic mass is 16.3. The zero-order chi connectivity index (χ0) is 13.1. The molecule has 1 N–H and O–H groups in total. The smallest absolute Gasteiger partial charge is 0.0542 e. The fraction of sp³-hybridized carbons (Fsp3) is 1.00. The van der Waals surface area contributed by atoms with Gasteiger partial charge < -0.3 is 5.11 Å². The molecule has 0 bridgehead atoms. The first-order chi connectivity index (χ1) is 7.83. The fourth-order valence-electron chi connectivity index (χ4n) is 3.75. The summed E-state index contributed by atoms with van der Waals surface area (Å²) in [5.41, 5.74) is 0.481. The van der Waals surface area contributed by atoms with Crippen molar-refractivity contribution in [2.75, 3.05) is 0 Å². The van der Waals surface area contributed by atoms with Crippen LogP contribution in [0, 0.1) is 23.2 Å². The molecule has 17 heavy (non-hydrogen) atoms. The van der Waals surface area contributed by atoms with Gasteiger partial charge in [-0.3, -0.25) is 0 Å². The molecule has 0 radical (unpaired) electrons. The second kappa shape index (κ2) is 6.22. The second-order valence-corrected chi connectivity index (χ2v) is 7.33. The minimum atomic E-state index is -0.0834. The van der Waals surface area contributed by atoms with Gasteiger partial charge in [-0.1, -0.05) is 47.5 Å². The maximum atomic E-state index is 10.0. The van der Waals surface area contributed by atoms with Crippen molar-refractivity contribution in [1.82, 2.24) is 0 Å². The third kappa shape index (κ3) is 4.62. The van der Waals surface area contributed by atoms with Gasteiger partial charge in [-0.25, -0.2) is 0 Å². The Hall–Kier alpha value is -0.0400. The Morgan fingerprint density at radius 3 is 2.47 bits per heavy atom. The van der Waals surface area contributed by atoms with Crippen LogP contribution >= 0.6 is 0 Å². The molecule has 0 spiro atoms. The van der Waals surface area contributed by atoms with Crippen molar-refractivity contribution in [2.45, 2.75) is 79.2 Å². The van der Waals surface area contributed by atoms with Gasteiger partial charge in [0.1, 0.15) is 0 Å². The van der Waals surface area contributed by atoms with Gasteiger partial charge in [-0.05, 0) is 48.9 Å². The maximum Gasteiger partial charge on any atom is 0.0542 e. The minimum Gasteiger partial charge on any atom is -0.393 e. The number of aliphatic hydroxyl groups excluding tert-OH is 1. The molecule has 2 unspecified atom stereocenters. The first-order valence-corrected chi connectivity index (χ1v) is 7.51. The first-order valence-electron chi connectivity index (χ1n) is 7.51. The van der Waals surface area contributed by atoms with Crippen LogP contribution in [0.2, 0.25) is 0 Å². The highest BCUT2D eigenvalue weighted by molar-refractivity contribution is 4.86. The predicted octanol–water partition coefficient (Wildman–Crippen LogP) is 4.64. The largest absolute Gasteiger partial charge is 0.393 e. The molecule has 0 saturated heterocycles. The first kappa shape index (κ1) is 15.0. The van der Waals surface area contributed by atoms with E-state index in [2.05, 4.69) is 34.6 Å². The molecule has 1 aliphatic rings. The summed E-state index contributed by atoms with van der Waals surface area (Å²) < 4.78 is 0. The molecule has 0 aromatic rings. The molecule has 0 aromatic carbocycles. The number of aliphatic hydroxyl groups is 1. The molecule has 1 heteroatoms. The van der Waals surface area contributed by atoms with Crippen molar-refractivity contribution in [1.29, 1.82) is 0 Å². The van der Waals surface area contributed by atoms with E-state index in [4.69, 9.17) is 0 Å². The van der Waals surface area contributed by atoms with Crippen molar-refractivity contribution in [3.8, 4) is 0 Å². The average Bonchev–Trinajstić information content (AvgIpc) is 2.14. The van der Waals surface area contributed by atoms with E-state index < -0.39 is 0 Å². The SMILES string of the molecule is CC(C)CC(O)CCC1[C@H](C)CCCC1(C)C. The molecule has 102 valence electrons. The Labute approximate surface area is 108 Å². The van der Waals surface area contributed by atoms with Gasteiger partial charge in [0.15, 0.2) is 0 Å². The van der Waals surface area contributed by atoms with Gasteiger partial charge in [0.25, 0.3) is 0 Å². The van der Waals surface area contributed by atoms with Crippen LogP contribution < -0.4 is 0 Å². The number of hydrogen-bond acceptors (Lipinski definition) is 1. The normalized spacial score (nSPS) is 30.5. The quantitative estimate of drug-likeness (QED) is 0.742. The van der Waals surface area contributed by atoms with Crippen molar-refractivity contribution in [3.63, 3.8) is 0 Å². The lowest BCUT2D eigenvalue weighted by molar-refractivity contribution is 0.0536. The summed E-state index contributed by atoms with van der Waals surface area (Å²) in [7, 11) is 0. The van der Waals surface area contributed by atoms with E-state index in [9.17, 15) is 5.11 Å². The highest BCUT2D eigenvalue weighted by Gasteiger charge is 2.36. The van der Waals surface area contributed by atoms with Crippen molar-refractivity contribution >= 4 is 0 Å². The third-order valence-electron chi connectivity index (χ3n) is 4.73.